The van der Waals surface area contributed by atoms with E-state index >= 15 is 0 Å². The molecule has 1 atom stereocenters. The number of hydrogen-bond donors (Lipinski definition) is 1. The fourth-order valence-electron chi connectivity index (χ4n) is 3.38. The molecule has 1 fully saturated rings. The summed E-state index contributed by atoms with van der Waals surface area (Å²) in [5.41, 5.74) is 0.803. The largest absolute Gasteiger partial charge is 0.396 e. The summed E-state index contributed by atoms with van der Waals surface area (Å²) in [5.74, 6) is -0.295. The highest BCUT2D eigenvalue weighted by atomic mass is 35.5. The number of halogens is 2. The number of likely N-dealkylation sites (tertiary alicyclic amines) is 1. The Bertz CT molecular complexity index is 463. The number of nitrogens with zero attached hydrogens (tertiary/aromatic N) is 2. The Balaban J connectivity index is 2.06. The van der Waals surface area contributed by atoms with Gasteiger partial charge in [-0.3, -0.25) is 4.90 Å². The molecular formula is C16H24ClFN2O. The minimum atomic E-state index is -0.295. The van der Waals surface area contributed by atoms with E-state index < -0.39 is 0 Å². The van der Waals surface area contributed by atoms with Gasteiger partial charge in [-0.2, -0.15) is 0 Å². The zero-order valence-corrected chi connectivity index (χ0v) is 13.5. The maximum atomic E-state index is 13.4. The first kappa shape index (κ1) is 16.7. The monoisotopic (exact) mass is 314 g/mol. The van der Waals surface area contributed by atoms with Crippen molar-refractivity contribution in [3.05, 3.63) is 34.6 Å². The normalized spacial score (nSPS) is 23.7. The van der Waals surface area contributed by atoms with E-state index in [-0.39, 0.29) is 17.8 Å². The van der Waals surface area contributed by atoms with Crippen molar-refractivity contribution in [3.8, 4) is 0 Å². The maximum absolute atomic E-state index is 13.4. The van der Waals surface area contributed by atoms with E-state index in [1.807, 2.05) is 20.2 Å². The van der Waals surface area contributed by atoms with Crippen LogP contribution in [0.5, 0.6) is 0 Å². The molecule has 0 amide bonds. The number of aliphatic hydroxyl groups excluding tert-OH is 1. The van der Waals surface area contributed by atoms with E-state index in [1.54, 1.807) is 0 Å². The minimum Gasteiger partial charge on any atom is -0.396 e. The van der Waals surface area contributed by atoms with Crippen LogP contribution < -0.4 is 0 Å². The number of aliphatic hydroxyl groups is 1. The van der Waals surface area contributed by atoms with Crippen molar-refractivity contribution in [2.24, 2.45) is 5.41 Å². The molecule has 118 valence electrons. The first-order valence-electron chi connectivity index (χ1n) is 7.35. The molecule has 0 radical (unpaired) electrons. The van der Waals surface area contributed by atoms with Gasteiger partial charge in [0.1, 0.15) is 5.82 Å². The molecule has 1 heterocycles. The van der Waals surface area contributed by atoms with Crippen LogP contribution in [0.1, 0.15) is 18.4 Å². The Kier molecular flexibility index (Phi) is 5.60. The smallest absolute Gasteiger partial charge is 0.125 e. The molecule has 1 aliphatic rings. The van der Waals surface area contributed by atoms with Gasteiger partial charge in [0.25, 0.3) is 0 Å². The van der Waals surface area contributed by atoms with Crippen LogP contribution >= 0.6 is 11.6 Å². The van der Waals surface area contributed by atoms with Gasteiger partial charge in [0.2, 0.25) is 0 Å². The number of benzene rings is 1. The predicted molar refractivity (Wildman–Crippen MR) is 84.0 cm³/mol. The molecular weight excluding hydrogens is 291 g/mol. The Hall–Kier alpha value is -0.680. The lowest BCUT2D eigenvalue weighted by molar-refractivity contribution is 0.0105. The van der Waals surface area contributed by atoms with Gasteiger partial charge >= 0.3 is 0 Å². The number of hydrogen-bond acceptors (Lipinski definition) is 3. The molecule has 0 bridgehead atoms. The summed E-state index contributed by atoms with van der Waals surface area (Å²) in [6, 6.07) is 4.67. The van der Waals surface area contributed by atoms with E-state index in [0.29, 0.717) is 11.6 Å². The standard InChI is InChI=1S/C16H24ClFN2O/c1-19(2)10-16(12-21)4-3-5-20(11-16)9-13-6-14(17)8-15(18)7-13/h6-8,21H,3-5,9-12H2,1-2H3. The number of rotatable bonds is 5. The molecule has 1 unspecified atom stereocenters. The first-order valence-corrected chi connectivity index (χ1v) is 7.73. The average molecular weight is 315 g/mol. The van der Waals surface area contributed by atoms with Crippen LogP contribution in [0.25, 0.3) is 0 Å². The van der Waals surface area contributed by atoms with Crippen molar-refractivity contribution in [1.82, 2.24) is 9.80 Å². The van der Waals surface area contributed by atoms with Crippen LogP contribution in [0.3, 0.4) is 0 Å². The van der Waals surface area contributed by atoms with Crippen LogP contribution in [0, 0.1) is 11.2 Å². The van der Waals surface area contributed by atoms with E-state index in [4.69, 9.17) is 11.6 Å². The summed E-state index contributed by atoms with van der Waals surface area (Å²) in [5, 5.41) is 10.3. The second-order valence-corrected chi connectivity index (χ2v) is 6.92. The van der Waals surface area contributed by atoms with Crippen molar-refractivity contribution in [1.29, 1.82) is 0 Å². The second-order valence-electron chi connectivity index (χ2n) is 6.49. The molecule has 1 saturated heterocycles. The number of piperidine rings is 1. The fourth-order valence-corrected chi connectivity index (χ4v) is 3.63. The Morgan fingerprint density at radius 2 is 2.14 bits per heavy atom. The highest BCUT2D eigenvalue weighted by Gasteiger charge is 2.35. The van der Waals surface area contributed by atoms with Gasteiger partial charge in [-0.1, -0.05) is 11.6 Å². The van der Waals surface area contributed by atoms with Crippen molar-refractivity contribution < 1.29 is 9.50 Å². The molecule has 1 aromatic rings. The summed E-state index contributed by atoms with van der Waals surface area (Å²) in [7, 11) is 4.06. The predicted octanol–water partition coefficient (Wildman–Crippen LogP) is 2.62. The molecule has 0 saturated carbocycles. The van der Waals surface area contributed by atoms with Crippen LogP contribution in [-0.4, -0.2) is 55.2 Å². The molecule has 5 heteroatoms. The zero-order valence-electron chi connectivity index (χ0n) is 12.8. The molecule has 0 aliphatic carbocycles. The van der Waals surface area contributed by atoms with Gasteiger partial charge < -0.3 is 10.0 Å². The molecule has 3 nitrogen and oxygen atoms in total. The molecule has 1 aliphatic heterocycles. The fraction of sp³-hybridized carbons (Fsp3) is 0.625. The quantitative estimate of drug-likeness (QED) is 0.905. The summed E-state index contributed by atoms with van der Waals surface area (Å²) >= 11 is 5.91. The molecule has 21 heavy (non-hydrogen) atoms. The van der Waals surface area contributed by atoms with Crippen LogP contribution in [0.2, 0.25) is 5.02 Å². The van der Waals surface area contributed by atoms with Crippen LogP contribution in [0.15, 0.2) is 18.2 Å². The molecule has 0 spiro atoms. The Labute approximate surface area is 131 Å². The van der Waals surface area contributed by atoms with Gasteiger partial charge in [0.15, 0.2) is 0 Å². The molecule has 1 aromatic carbocycles. The molecule has 1 N–H and O–H groups in total. The van der Waals surface area contributed by atoms with Crippen molar-refractivity contribution in [2.45, 2.75) is 19.4 Å². The lowest BCUT2D eigenvalue weighted by Crippen LogP contribution is -2.49. The van der Waals surface area contributed by atoms with Crippen molar-refractivity contribution in [2.75, 3.05) is 40.3 Å². The minimum absolute atomic E-state index is 0.0845. The summed E-state index contributed by atoms with van der Waals surface area (Å²) in [6.45, 7) is 3.53. The van der Waals surface area contributed by atoms with Crippen molar-refractivity contribution >= 4 is 11.6 Å². The summed E-state index contributed by atoms with van der Waals surface area (Å²) in [6.07, 6.45) is 2.08. The average Bonchev–Trinajstić information content (AvgIpc) is 2.37. The third-order valence-electron chi connectivity index (χ3n) is 4.06. The van der Waals surface area contributed by atoms with E-state index in [0.717, 1.165) is 38.0 Å². The SMILES string of the molecule is CN(C)CC1(CO)CCCN(Cc2cc(F)cc(Cl)c2)C1. The van der Waals surface area contributed by atoms with Crippen LogP contribution in [-0.2, 0) is 6.54 Å². The highest BCUT2D eigenvalue weighted by molar-refractivity contribution is 6.30. The Morgan fingerprint density at radius 3 is 2.76 bits per heavy atom. The third-order valence-corrected chi connectivity index (χ3v) is 4.27. The van der Waals surface area contributed by atoms with E-state index in [9.17, 15) is 9.50 Å². The maximum Gasteiger partial charge on any atom is 0.125 e. The molecule has 2 rings (SSSR count). The summed E-state index contributed by atoms with van der Waals surface area (Å²) < 4.78 is 13.4. The summed E-state index contributed by atoms with van der Waals surface area (Å²) in [4.78, 5) is 4.41. The first-order chi connectivity index (χ1) is 9.92. The Morgan fingerprint density at radius 1 is 1.38 bits per heavy atom. The second kappa shape index (κ2) is 7.05. The van der Waals surface area contributed by atoms with Gasteiger partial charge in [-0.05, 0) is 57.2 Å². The highest BCUT2D eigenvalue weighted by Crippen LogP contribution is 2.31. The van der Waals surface area contributed by atoms with Crippen molar-refractivity contribution in [3.63, 3.8) is 0 Å². The van der Waals surface area contributed by atoms with Gasteiger partial charge in [-0.25, -0.2) is 4.39 Å². The lowest BCUT2D eigenvalue weighted by atomic mass is 9.80. The van der Waals surface area contributed by atoms with Gasteiger partial charge in [-0.15, -0.1) is 0 Å². The third kappa shape index (κ3) is 4.65. The molecule has 0 aromatic heterocycles. The van der Waals surface area contributed by atoms with Gasteiger partial charge in [0, 0.05) is 30.1 Å². The lowest BCUT2D eigenvalue weighted by Gasteiger charge is -2.43. The topological polar surface area (TPSA) is 26.7 Å². The van der Waals surface area contributed by atoms with E-state index in [2.05, 4.69) is 9.80 Å². The van der Waals surface area contributed by atoms with Crippen LogP contribution in [0.4, 0.5) is 4.39 Å². The zero-order chi connectivity index (χ0) is 15.5. The van der Waals surface area contributed by atoms with Gasteiger partial charge in [0.05, 0.1) is 6.61 Å². The van der Waals surface area contributed by atoms with E-state index in [1.165, 1.54) is 12.1 Å².